The third-order valence-electron chi connectivity index (χ3n) is 4.90. The number of rotatable bonds is 10. The second-order valence-corrected chi connectivity index (χ2v) is 9.22. The summed E-state index contributed by atoms with van der Waals surface area (Å²) < 4.78 is 57.6. The highest BCUT2D eigenvalue weighted by Crippen LogP contribution is 2.22. The lowest BCUT2D eigenvalue weighted by Gasteiger charge is -2.31. The highest BCUT2D eigenvalue weighted by Gasteiger charge is 2.30. The van der Waals surface area contributed by atoms with Gasteiger partial charge in [-0.25, -0.2) is 17.2 Å². The Hall–Kier alpha value is -3.21. The van der Waals surface area contributed by atoms with Gasteiger partial charge in [-0.3, -0.25) is 13.9 Å². The summed E-state index contributed by atoms with van der Waals surface area (Å²) in [6.45, 7) is 2.90. The van der Waals surface area contributed by atoms with Crippen LogP contribution in [0.15, 0.2) is 42.5 Å². The first-order chi connectivity index (χ1) is 15.5. The van der Waals surface area contributed by atoms with Crippen LogP contribution in [0.25, 0.3) is 0 Å². The molecule has 0 aliphatic rings. The molecule has 8 nitrogen and oxygen atoms in total. The number of carbonyl (C=O) groups excluding carboxylic acids is 2. The molecule has 0 radical (unpaired) electrons. The second kappa shape index (κ2) is 11.1. The van der Waals surface area contributed by atoms with E-state index in [-0.39, 0.29) is 12.2 Å². The van der Waals surface area contributed by atoms with Gasteiger partial charge in [-0.1, -0.05) is 12.1 Å². The highest BCUT2D eigenvalue weighted by molar-refractivity contribution is 7.92. The molecule has 0 spiro atoms. The first kappa shape index (κ1) is 26.0. The Bertz CT molecular complexity index is 1090. The third-order valence-corrected chi connectivity index (χ3v) is 6.04. The average molecular weight is 484 g/mol. The van der Waals surface area contributed by atoms with E-state index in [0.29, 0.717) is 28.2 Å². The van der Waals surface area contributed by atoms with Crippen molar-refractivity contribution in [2.75, 3.05) is 30.8 Å². The molecule has 1 atom stereocenters. The van der Waals surface area contributed by atoms with Gasteiger partial charge in [0.1, 0.15) is 18.3 Å². The third kappa shape index (κ3) is 6.88. The summed E-state index contributed by atoms with van der Waals surface area (Å²) in [6, 6.07) is 8.43. The molecule has 2 rings (SSSR count). The Balaban J connectivity index is 2.39. The van der Waals surface area contributed by atoms with Crippen LogP contribution in [0.5, 0.6) is 5.75 Å². The first-order valence-electron chi connectivity index (χ1n) is 10.1. The summed E-state index contributed by atoms with van der Waals surface area (Å²) in [5, 5.41) is 2.64. The van der Waals surface area contributed by atoms with Crippen molar-refractivity contribution in [3.8, 4) is 5.75 Å². The summed E-state index contributed by atoms with van der Waals surface area (Å²) in [5.74, 6) is -2.91. The Kier molecular flexibility index (Phi) is 8.75. The van der Waals surface area contributed by atoms with Crippen molar-refractivity contribution in [1.82, 2.24) is 10.2 Å². The molecule has 0 heterocycles. The second-order valence-electron chi connectivity index (χ2n) is 7.31. The Morgan fingerprint density at radius 1 is 1.09 bits per heavy atom. The van der Waals surface area contributed by atoms with Gasteiger partial charge in [0.25, 0.3) is 0 Å². The molecule has 1 unspecified atom stereocenters. The molecule has 2 aromatic carbocycles. The predicted octanol–water partition coefficient (Wildman–Crippen LogP) is 2.29. The molecule has 0 saturated carbocycles. The normalized spacial score (nSPS) is 12.1. The number of amides is 2. The molecule has 0 aliphatic heterocycles. The van der Waals surface area contributed by atoms with Gasteiger partial charge in [-0.2, -0.15) is 0 Å². The Labute approximate surface area is 192 Å². The van der Waals surface area contributed by atoms with Crippen molar-refractivity contribution in [1.29, 1.82) is 0 Å². The van der Waals surface area contributed by atoms with Gasteiger partial charge in [-0.05, 0) is 43.7 Å². The molecule has 1 N–H and O–H groups in total. The van der Waals surface area contributed by atoms with Crippen molar-refractivity contribution in [3.63, 3.8) is 0 Å². The van der Waals surface area contributed by atoms with E-state index in [1.165, 1.54) is 18.9 Å². The van der Waals surface area contributed by atoms with Crippen molar-refractivity contribution >= 4 is 27.5 Å². The van der Waals surface area contributed by atoms with Crippen LogP contribution in [0.2, 0.25) is 0 Å². The molecule has 0 saturated heterocycles. The molecule has 0 bridgehead atoms. The van der Waals surface area contributed by atoms with Crippen LogP contribution >= 0.6 is 0 Å². The van der Waals surface area contributed by atoms with E-state index < -0.39 is 46.1 Å². The summed E-state index contributed by atoms with van der Waals surface area (Å²) >= 11 is 0. The lowest BCUT2D eigenvalue weighted by molar-refractivity contribution is -0.139. The quantitative estimate of drug-likeness (QED) is 0.560. The van der Waals surface area contributed by atoms with E-state index in [2.05, 4.69) is 5.32 Å². The smallest absolute Gasteiger partial charge is 0.244 e. The summed E-state index contributed by atoms with van der Waals surface area (Å²) in [5.41, 5.74) is 0.471. The van der Waals surface area contributed by atoms with Crippen LogP contribution in [0.4, 0.5) is 14.5 Å². The average Bonchev–Trinajstić information content (AvgIpc) is 2.77. The highest BCUT2D eigenvalue weighted by atomic mass is 32.2. The van der Waals surface area contributed by atoms with E-state index in [9.17, 15) is 26.8 Å². The maximum atomic E-state index is 13.7. The zero-order chi connectivity index (χ0) is 24.8. The van der Waals surface area contributed by atoms with Gasteiger partial charge in [0, 0.05) is 19.2 Å². The van der Waals surface area contributed by atoms with Crippen molar-refractivity contribution in [3.05, 3.63) is 59.7 Å². The molecule has 0 fully saturated rings. The van der Waals surface area contributed by atoms with E-state index in [1.807, 2.05) is 0 Å². The zero-order valence-corrected chi connectivity index (χ0v) is 19.7. The van der Waals surface area contributed by atoms with E-state index in [1.54, 1.807) is 31.2 Å². The number of halogens is 2. The van der Waals surface area contributed by atoms with E-state index in [0.717, 1.165) is 18.4 Å². The number of hydrogen-bond acceptors (Lipinski definition) is 5. The maximum Gasteiger partial charge on any atom is 0.244 e. The minimum atomic E-state index is -4.03. The maximum absolute atomic E-state index is 13.7. The number of nitrogens with one attached hydrogen (secondary N) is 1. The van der Waals surface area contributed by atoms with Crippen LogP contribution in [0, 0.1) is 11.6 Å². The summed E-state index contributed by atoms with van der Waals surface area (Å²) in [6.07, 6.45) is 0.850. The fourth-order valence-corrected chi connectivity index (χ4v) is 3.93. The lowest BCUT2D eigenvalue weighted by Crippen LogP contribution is -2.51. The largest absolute Gasteiger partial charge is 0.497 e. The monoisotopic (exact) mass is 483 g/mol. The van der Waals surface area contributed by atoms with Gasteiger partial charge in [0.05, 0.1) is 19.1 Å². The molecule has 2 amide bonds. The number of hydrogen-bond donors (Lipinski definition) is 1. The summed E-state index contributed by atoms with van der Waals surface area (Å²) in [7, 11) is -2.52. The van der Waals surface area contributed by atoms with E-state index >= 15 is 0 Å². The molecule has 11 heteroatoms. The zero-order valence-electron chi connectivity index (χ0n) is 18.8. The minimum absolute atomic E-state index is 0.0104. The minimum Gasteiger partial charge on any atom is -0.497 e. The van der Waals surface area contributed by atoms with Crippen molar-refractivity contribution in [2.45, 2.75) is 26.4 Å². The van der Waals surface area contributed by atoms with Gasteiger partial charge < -0.3 is 15.0 Å². The van der Waals surface area contributed by atoms with Crippen molar-refractivity contribution in [2.24, 2.45) is 0 Å². The molecule has 0 aromatic heterocycles. The van der Waals surface area contributed by atoms with Crippen LogP contribution < -0.4 is 14.4 Å². The molecule has 33 heavy (non-hydrogen) atoms. The number of ether oxygens (including phenoxy) is 1. The van der Waals surface area contributed by atoms with Crippen LogP contribution in [-0.2, 0) is 26.2 Å². The fourth-order valence-electron chi connectivity index (χ4n) is 3.09. The lowest BCUT2D eigenvalue weighted by atomic mass is 10.1. The number of sulfonamides is 1. The number of methoxy groups -OCH3 is 1. The standard InChI is InChI=1S/C22H27F2N3O5S/c1-5-25-22(29)15(2)26(13-16-6-9-18(32-3)10-7-16)21(28)14-27(33(4,30)31)17-8-11-19(23)20(24)12-17/h6-12,15H,5,13-14H2,1-4H3,(H,25,29). The van der Waals surface area contributed by atoms with Gasteiger partial charge in [0.15, 0.2) is 11.6 Å². The first-order valence-corrected chi connectivity index (χ1v) is 12.0. The Morgan fingerprint density at radius 2 is 1.73 bits per heavy atom. The SMILES string of the molecule is CCNC(=O)C(C)N(Cc1ccc(OC)cc1)C(=O)CN(c1ccc(F)c(F)c1)S(C)(=O)=O. The molecular formula is C22H27F2N3O5S. The van der Waals surface area contributed by atoms with Crippen LogP contribution in [-0.4, -0.2) is 57.6 Å². The number of anilines is 1. The fraction of sp³-hybridized carbons (Fsp3) is 0.364. The predicted molar refractivity (Wildman–Crippen MR) is 120 cm³/mol. The van der Waals surface area contributed by atoms with Gasteiger partial charge in [0.2, 0.25) is 21.8 Å². The topological polar surface area (TPSA) is 96.0 Å². The number of carbonyl (C=O) groups is 2. The van der Waals surface area contributed by atoms with Crippen LogP contribution in [0.3, 0.4) is 0 Å². The number of benzene rings is 2. The van der Waals surface area contributed by atoms with E-state index in [4.69, 9.17) is 4.74 Å². The Morgan fingerprint density at radius 3 is 2.24 bits per heavy atom. The molecular weight excluding hydrogens is 456 g/mol. The van der Waals surface area contributed by atoms with Crippen LogP contribution in [0.1, 0.15) is 19.4 Å². The number of nitrogens with zero attached hydrogens (tertiary/aromatic N) is 2. The molecule has 0 aliphatic carbocycles. The molecule has 2 aromatic rings. The molecule has 180 valence electrons. The summed E-state index contributed by atoms with van der Waals surface area (Å²) in [4.78, 5) is 26.9. The van der Waals surface area contributed by atoms with Gasteiger partial charge in [-0.15, -0.1) is 0 Å². The number of likely N-dealkylation sites (N-methyl/N-ethyl adjacent to an activating group) is 1. The van der Waals surface area contributed by atoms with Gasteiger partial charge >= 0.3 is 0 Å². The van der Waals surface area contributed by atoms with Crippen molar-refractivity contribution < 1.29 is 31.5 Å².